The summed E-state index contributed by atoms with van der Waals surface area (Å²) in [4.78, 5) is 6.60. The van der Waals surface area contributed by atoms with Crippen LogP contribution in [0.4, 0.5) is 0 Å². The molecule has 0 saturated carbocycles. The summed E-state index contributed by atoms with van der Waals surface area (Å²) in [6.45, 7) is 11.3. The van der Waals surface area contributed by atoms with Crippen molar-refractivity contribution in [1.82, 2.24) is 0 Å². The van der Waals surface area contributed by atoms with Crippen LogP contribution in [0.2, 0.25) is 0 Å². The van der Waals surface area contributed by atoms with Crippen molar-refractivity contribution in [1.29, 1.82) is 0 Å². The molecule has 0 fully saturated rings. The molecule has 0 aliphatic carbocycles. The second-order valence-electron chi connectivity index (χ2n) is 7.19. The van der Waals surface area contributed by atoms with E-state index in [9.17, 15) is 0 Å². The largest absolute Gasteiger partial charge is 0.300 e. The van der Waals surface area contributed by atoms with Gasteiger partial charge in [-0.2, -0.15) is 4.65 Å². The number of quaternary nitrogens is 2. The second-order valence-corrected chi connectivity index (χ2v) is 7.19. The van der Waals surface area contributed by atoms with Crippen molar-refractivity contribution in [3.05, 3.63) is 0 Å². The maximum absolute atomic E-state index is 6.60. The first-order valence-corrected chi connectivity index (χ1v) is 7.25. The van der Waals surface area contributed by atoms with Gasteiger partial charge >= 0.3 is 0 Å². The van der Waals surface area contributed by atoms with E-state index in [0.29, 0.717) is 4.65 Å². The highest BCUT2D eigenvalue weighted by atomic mass is 16.7. The lowest BCUT2D eigenvalue weighted by atomic mass is 9.93. The summed E-state index contributed by atoms with van der Waals surface area (Å²) >= 11 is 0. The van der Waals surface area contributed by atoms with Gasteiger partial charge in [0.2, 0.25) is 5.72 Å². The Labute approximate surface area is 115 Å². The van der Waals surface area contributed by atoms with Gasteiger partial charge in [-0.25, -0.2) is 0 Å². The SMILES string of the molecule is CCC(C)(O[N+](C)(C)C(C)(CC)CC)[N+](C)(C)C. The number of nitrogens with zero attached hydrogens (tertiary/aromatic N) is 2. The molecule has 0 amide bonds. The minimum Gasteiger partial charge on any atom is -0.300 e. The molecule has 18 heavy (non-hydrogen) atoms. The van der Waals surface area contributed by atoms with E-state index in [1.807, 2.05) is 0 Å². The molecular weight excluding hydrogens is 224 g/mol. The quantitative estimate of drug-likeness (QED) is 0.387. The van der Waals surface area contributed by atoms with E-state index < -0.39 is 0 Å². The zero-order valence-electron chi connectivity index (χ0n) is 14.4. The van der Waals surface area contributed by atoms with Crippen LogP contribution in [0.5, 0.6) is 0 Å². The first-order chi connectivity index (χ1) is 7.89. The Bertz CT molecular complexity index is 264. The zero-order chi connectivity index (χ0) is 14.8. The van der Waals surface area contributed by atoms with Crippen LogP contribution in [0, 0.1) is 0 Å². The Balaban J connectivity index is 5.29. The molecule has 1 atom stereocenters. The molecular formula is C15H36N2O+2. The third-order valence-corrected chi connectivity index (χ3v) is 5.32. The van der Waals surface area contributed by atoms with Crippen molar-refractivity contribution in [2.75, 3.05) is 35.2 Å². The molecule has 0 aliphatic rings. The highest BCUT2D eigenvalue weighted by molar-refractivity contribution is 4.70. The topological polar surface area (TPSA) is 9.23 Å². The predicted octanol–water partition coefficient (Wildman–Crippen LogP) is 3.41. The molecule has 0 bridgehead atoms. The summed E-state index contributed by atoms with van der Waals surface area (Å²) in [5.74, 6) is 0. The van der Waals surface area contributed by atoms with Crippen LogP contribution in [-0.4, -0.2) is 55.6 Å². The molecule has 0 aromatic carbocycles. The summed E-state index contributed by atoms with van der Waals surface area (Å²) in [7, 11) is 11.0. The molecule has 0 radical (unpaired) electrons. The average molecular weight is 260 g/mol. The third-order valence-electron chi connectivity index (χ3n) is 5.32. The monoisotopic (exact) mass is 260 g/mol. The molecule has 3 heteroatoms. The lowest BCUT2D eigenvalue weighted by Crippen LogP contribution is -2.67. The maximum Gasteiger partial charge on any atom is 0.250 e. The van der Waals surface area contributed by atoms with Gasteiger partial charge in [0, 0.05) is 26.2 Å². The molecule has 1 unspecified atom stereocenters. The molecule has 0 N–H and O–H groups in total. The van der Waals surface area contributed by atoms with Crippen molar-refractivity contribution >= 4 is 0 Å². The van der Waals surface area contributed by atoms with E-state index in [2.05, 4.69) is 69.9 Å². The van der Waals surface area contributed by atoms with Crippen molar-refractivity contribution in [3.63, 3.8) is 0 Å². The van der Waals surface area contributed by atoms with Gasteiger partial charge < -0.3 is 0 Å². The first-order valence-electron chi connectivity index (χ1n) is 7.25. The molecule has 0 spiro atoms. The van der Waals surface area contributed by atoms with Crippen LogP contribution >= 0.6 is 0 Å². The standard InChI is InChI=1S/C15H36N2O/c1-11-14(4,12-2)17(9,10)18-15(5,13-3)16(6,7)8/h11-13H2,1-10H3/q+2. The normalized spacial score (nSPS) is 17.7. The summed E-state index contributed by atoms with van der Waals surface area (Å²) < 4.78 is 1.43. The van der Waals surface area contributed by atoms with Crippen LogP contribution in [0.15, 0.2) is 0 Å². The van der Waals surface area contributed by atoms with E-state index in [0.717, 1.165) is 23.7 Å². The van der Waals surface area contributed by atoms with E-state index in [-0.39, 0.29) is 11.3 Å². The van der Waals surface area contributed by atoms with Crippen LogP contribution in [0.25, 0.3) is 0 Å². The van der Waals surface area contributed by atoms with Crippen molar-refractivity contribution in [2.24, 2.45) is 0 Å². The Morgan fingerprint density at radius 1 is 0.778 bits per heavy atom. The highest BCUT2D eigenvalue weighted by Gasteiger charge is 2.50. The smallest absolute Gasteiger partial charge is 0.250 e. The lowest BCUT2D eigenvalue weighted by Gasteiger charge is -2.50. The van der Waals surface area contributed by atoms with E-state index in [4.69, 9.17) is 4.84 Å². The fourth-order valence-electron chi connectivity index (χ4n) is 2.27. The summed E-state index contributed by atoms with van der Waals surface area (Å²) in [6, 6.07) is 0. The fraction of sp³-hybridized carbons (Fsp3) is 1.00. The molecule has 0 heterocycles. The van der Waals surface area contributed by atoms with Gasteiger partial charge in [-0.3, -0.25) is 4.48 Å². The highest BCUT2D eigenvalue weighted by Crippen LogP contribution is 2.35. The van der Waals surface area contributed by atoms with E-state index in [1.165, 1.54) is 0 Å². The molecule has 0 saturated heterocycles. The van der Waals surface area contributed by atoms with Crippen molar-refractivity contribution < 1.29 is 14.0 Å². The molecule has 3 nitrogen and oxygen atoms in total. The third kappa shape index (κ3) is 3.25. The van der Waals surface area contributed by atoms with Gasteiger partial charge in [-0.05, 0) is 6.92 Å². The van der Waals surface area contributed by atoms with Gasteiger partial charge in [0.1, 0.15) is 5.54 Å². The summed E-state index contributed by atoms with van der Waals surface area (Å²) in [5, 5.41) is 0. The van der Waals surface area contributed by atoms with Gasteiger partial charge in [0.15, 0.2) is 0 Å². The Morgan fingerprint density at radius 3 is 1.39 bits per heavy atom. The molecule has 110 valence electrons. The molecule has 0 aromatic rings. The van der Waals surface area contributed by atoms with Crippen LogP contribution in [0.1, 0.15) is 53.9 Å². The average Bonchev–Trinajstić information content (AvgIpc) is 2.25. The van der Waals surface area contributed by atoms with Gasteiger partial charge in [-0.15, -0.1) is 4.84 Å². The summed E-state index contributed by atoms with van der Waals surface area (Å²) in [5.41, 5.74) is -0.0132. The van der Waals surface area contributed by atoms with Gasteiger partial charge in [-0.1, -0.05) is 20.8 Å². The van der Waals surface area contributed by atoms with E-state index >= 15 is 0 Å². The summed E-state index contributed by atoms with van der Waals surface area (Å²) in [6.07, 6.45) is 3.24. The Kier molecular flexibility index (Phi) is 5.44. The minimum absolute atomic E-state index is 0.158. The zero-order valence-corrected chi connectivity index (χ0v) is 14.4. The van der Waals surface area contributed by atoms with E-state index in [1.54, 1.807) is 0 Å². The van der Waals surface area contributed by atoms with Gasteiger partial charge in [0.25, 0.3) is 0 Å². The van der Waals surface area contributed by atoms with Crippen LogP contribution < -0.4 is 0 Å². The first kappa shape index (κ1) is 17.9. The molecule has 0 aliphatic heterocycles. The minimum atomic E-state index is -0.172. The molecule has 0 aromatic heterocycles. The second kappa shape index (κ2) is 5.48. The van der Waals surface area contributed by atoms with Crippen LogP contribution in [0.3, 0.4) is 0 Å². The Morgan fingerprint density at radius 2 is 1.17 bits per heavy atom. The lowest BCUT2D eigenvalue weighted by molar-refractivity contribution is -1.17. The number of hydrogen-bond donors (Lipinski definition) is 0. The molecule has 0 rings (SSSR count). The van der Waals surface area contributed by atoms with Gasteiger partial charge in [0.05, 0.1) is 35.2 Å². The predicted molar refractivity (Wildman–Crippen MR) is 78.9 cm³/mol. The van der Waals surface area contributed by atoms with Crippen molar-refractivity contribution in [3.8, 4) is 0 Å². The number of rotatable bonds is 7. The Hall–Kier alpha value is -0.120. The van der Waals surface area contributed by atoms with Crippen LogP contribution in [-0.2, 0) is 4.84 Å². The van der Waals surface area contributed by atoms with Crippen molar-refractivity contribution in [2.45, 2.75) is 65.1 Å². The number of hydroxylamine groups is 3. The number of hydrogen-bond acceptors (Lipinski definition) is 1. The maximum atomic E-state index is 6.60. The fourth-order valence-corrected chi connectivity index (χ4v) is 2.27.